The number of aromatic nitrogens is 2. The summed E-state index contributed by atoms with van der Waals surface area (Å²) in [5.41, 5.74) is 2.38. The lowest BCUT2D eigenvalue weighted by Crippen LogP contribution is -1.93. The molecular formula is C12H16N2S2. The lowest BCUT2D eigenvalue weighted by molar-refractivity contribution is 0.710. The smallest absolute Gasteiger partial charge is 0.0988 e. The van der Waals surface area contributed by atoms with E-state index in [-0.39, 0.29) is 0 Å². The first kappa shape index (κ1) is 11.7. The van der Waals surface area contributed by atoms with E-state index in [1.165, 1.54) is 10.7 Å². The maximum absolute atomic E-state index is 4.67. The number of hydrogen-bond donors (Lipinski definition) is 0. The zero-order valence-electron chi connectivity index (χ0n) is 9.86. The highest BCUT2D eigenvalue weighted by Gasteiger charge is 2.09. The molecule has 1 atom stereocenters. The molecular weight excluding hydrogens is 236 g/mol. The van der Waals surface area contributed by atoms with Crippen LogP contribution in [0.4, 0.5) is 0 Å². The van der Waals surface area contributed by atoms with Crippen LogP contribution >= 0.6 is 22.7 Å². The summed E-state index contributed by atoms with van der Waals surface area (Å²) in [6.07, 6.45) is 2.03. The van der Waals surface area contributed by atoms with Crippen molar-refractivity contribution in [1.29, 1.82) is 0 Å². The van der Waals surface area contributed by atoms with Gasteiger partial charge in [0, 0.05) is 17.2 Å². The molecule has 0 bridgehead atoms. The number of thiazole rings is 2. The normalized spacial score (nSPS) is 12.9. The molecule has 2 rings (SSSR count). The molecule has 16 heavy (non-hydrogen) atoms. The van der Waals surface area contributed by atoms with Crippen LogP contribution < -0.4 is 0 Å². The van der Waals surface area contributed by atoms with Gasteiger partial charge in [-0.1, -0.05) is 13.8 Å². The molecule has 0 fully saturated rings. The first-order valence-corrected chi connectivity index (χ1v) is 7.30. The fourth-order valence-electron chi connectivity index (χ4n) is 1.49. The van der Waals surface area contributed by atoms with Crippen LogP contribution in [-0.2, 0) is 6.42 Å². The van der Waals surface area contributed by atoms with Gasteiger partial charge in [-0.05, 0) is 19.3 Å². The van der Waals surface area contributed by atoms with Crippen molar-refractivity contribution in [2.24, 2.45) is 0 Å². The van der Waals surface area contributed by atoms with E-state index in [2.05, 4.69) is 34.6 Å². The van der Waals surface area contributed by atoms with E-state index in [4.69, 9.17) is 0 Å². The van der Waals surface area contributed by atoms with Crippen molar-refractivity contribution < 1.29 is 0 Å². The van der Waals surface area contributed by atoms with Crippen molar-refractivity contribution >= 4 is 22.7 Å². The molecule has 4 heteroatoms. The molecule has 0 N–H and O–H groups in total. The van der Waals surface area contributed by atoms with Crippen molar-refractivity contribution in [1.82, 2.24) is 9.97 Å². The van der Waals surface area contributed by atoms with Crippen LogP contribution in [-0.4, -0.2) is 9.97 Å². The highest BCUT2D eigenvalue weighted by atomic mass is 32.1. The Kier molecular flexibility index (Phi) is 3.71. The second-order valence-corrected chi connectivity index (χ2v) is 6.01. The minimum Gasteiger partial charge on any atom is -0.246 e. The molecule has 0 aliphatic carbocycles. The highest BCUT2D eigenvalue weighted by Crippen LogP contribution is 2.22. The van der Waals surface area contributed by atoms with Gasteiger partial charge in [-0.15, -0.1) is 22.7 Å². The van der Waals surface area contributed by atoms with Gasteiger partial charge in [-0.3, -0.25) is 0 Å². The molecule has 0 radical (unpaired) electrons. The number of rotatable bonds is 4. The van der Waals surface area contributed by atoms with Crippen LogP contribution in [0.5, 0.6) is 0 Å². The van der Waals surface area contributed by atoms with Crippen molar-refractivity contribution in [3.63, 3.8) is 0 Å². The summed E-state index contributed by atoms with van der Waals surface area (Å²) < 4.78 is 0. The van der Waals surface area contributed by atoms with Gasteiger partial charge in [0.05, 0.1) is 21.4 Å². The van der Waals surface area contributed by atoms with E-state index in [0.717, 1.165) is 23.5 Å². The molecule has 2 aromatic rings. The zero-order chi connectivity index (χ0) is 11.5. The molecule has 0 amide bonds. The van der Waals surface area contributed by atoms with Crippen LogP contribution in [0.15, 0.2) is 10.8 Å². The van der Waals surface area contributed by atoms with E-state index in [1.807, 2.05) is 6.92 Å². The summed E-state index contributed by atoms with van der Waals surface area (Å²) in [4.78, 5) is 9.13. The largest absolute Gasteiger partial charge is 0.246 e. The highest BCUT2D eigenvalue weighted by molar-refractivity contribution is 7.10. The summed E-state index contributed by atoms with van der Waals surface area (Å²) in [6.45, 7) is 6.47. The van der Waals surface area contributed by atoms with Crippen LogP contribution in [0.1, 0.15) is 47.6 Å². The lowest BCUT2D eigenvalue weighted by atomic mass is 10.1. The van der Waals surface area contributed by atoms with E-state index >= 15 is 0 Å². The van der Waals surface area contributed by atoms with Crippen LogP contribution in [0.25, 0.3) is 0 Å². The average Bonchev–Trinajstić information content (AvgIpc) is 2.87. The Labute approximate surface area is 104 Å². The van der Waals surface area contributed by atoms with E-state index in [0.29, 0.717) is 5.92 Å². The first-order chi connectivity index (χ1) is 7.69. The summed E-state index contributed by atoms with van der Waals surface area (Å²) in [7, 11) is 0. The van der Waals surface area contributed by atoms with Crippen LogP contribution in [0.2, 0.25) is 0 Å². The van der Waals surface area contributed by atoms with Crippen LogP contribution in [0.3, 0.4) is 0 Å². The van der Waals surface area contributed by atoms with Crippen LogP contribution in [0, 0.1) is 6.92 Å². The zero-order valence-corrected chi connectivity index (χ0v) is 11.5. The fourth-order valence-corrected chi connectivity index (χ4v) is 3.03. The minimum absolute atomic E-state index is 0.571. The van der Waals surface area contributed by atoms with E-state index < -0.39 is 0 Å². The molecule has 0 saturated carbocycles. The number of nitrogens with zero attached hydrogens (tertiary/aromatic N) is 2. The van der Waals surface area contributed by atoms with Gasteiger partial charge < -0.3 is 0 Å². The molecule has 86 valence electrons. The van der Waals surface area contributed by atoms with E-state index in [9.17, 15) is 0 Å². The Morgan fingerprint density at radius 3 is 2.69 bits per heavy atom. The van der Waals surface area contributed by atoms with Crippen molar-refractivity contribution in [2.75, 3.05) is 0 Å². The Morgan fingerprint density at radius 2 is 2.06 bits per heavy atom. The van der Waals surface area contributed by atoms with Gasteiger partial charge >= 0.3 is 0 Å². The van der Waals surface area contributed by atoms with Gasteiger partial charge in [0.1, 0.15) is 0 Å². The van der Waals surface area contributed by atoms with E-state index in [1.54, 1.807) is 22.7 Å². The summed E-state index contributed by atoms with van der Waals surface area (Å²) >= 11 is 3.46. The Bertz CT molecular complexity index is 459. The quantitative estimate of drug-likeness (QED) is 0.821. The third kappa shape index (κ3) is 2.68. The monoisotopic (exact) mass is 252 g/mol. The Morgan fingerprint density at radius 1 is 1.25 bits per heavy atom. The molecule has 0 aliphatic rings. The van der Waals surface area contributed by atoms with Crippen molar-refractivity contribution in [3.8, 4) is 0 Å². The second kappa shape index (κ2) is 5.06. The lowest BCUT2D eigenvalue weighted by Gasteiger charge is -2.02. The average molecular weight is 252 g/mol. The standard InChI is InChI=1S/C12H16N2S2/c1-4-8(2)11-7-16-12(14-11)5-10-6-15-9(3)13-10/h6-8H,4-5H2,1-3H3. The maximum atomic E-state index is 4.67. The predicted octanol–water partition coefficient (Wildman–Crippen LogP) is 4.01. The predicted molar refractivity (Wildman–Crippen MR) is 70.5 cm³/mol. The molecule has 1 unspecified atom stereocenters. The van der Waals surface area contributed by atoms with Crippen molar-refractivity contribution in [3.05, 3.63) is 32.2 Å². The molecule has 0 aliphatic heterocycles. The van der Waals surface area contributed by atoms with Gasteiger partial charge in [-0.25, -0.2) is 9.97 Å². The molecule has 0 saturated heterocycles. The third-order valence-corrected chi connectivity index (χ3v) is 4.38. The minimum atomic E-state index is 0.571. The maximum Gasteiger partial charge on any atom is 0.0988 e. The SMILES string of the molecule is CCC(C)c1csc(Cc2csc(C)n2)n1. The molecule has 2 aromatic heterocycles. The summed E-state index contributed by atoms with van der Waals surface area (Å²) in [5.74, 6) is 0.571. The van der Waals surface area contributed by atoms with Gasteiger partial charge in [-0.2, -0.15) is 0 Å². The number of aryl methyl sites for hydroxylation is 1. The van der Waals surface area contributed by atoms with Crippen molar-refractivity contribution in [2.45, 2.75) is 39.5 Å². The van der Waals surface area contributed by atoms with Gasteiger partial charge in [0.2, 0.25) is 0 Å². The summed E-state index contributed by atoms with van der Waals surface area (Å²) in [6, 6.07) is 0. The number of hydrogen-bond acceptors (Lipinski definition) is 4. The topological polar surface area (TPSA) is 25.8 Å². The first-order valence-electron chi connectivity index (χ1n) is 5.54. The Balaban J connectivity index is 2.08. The molecule has 2 heterocycles. The third-order valence-electron chi connectivity index (χ3n) is 2.69. The van der Waals surface area contributed by atoms with Gasteiger partial charge in [0.25, 0.3) is 0 Å². The fraction of sp³-hybridized carbons (Fsp3) is 0.500. The second-order valence-electron chi connectivity index (χ2n) is 4.01. The molecule has 0 spiro atoms. The Hall–Kier alpha value is -0.740. The summed E-state index contributed by atoms with van der Waals surface area (Å²) in [5, 5.41) is 6.62. The van der Waals surface area contributed by atoms with Gasteiger partial charge in [0.15, 0.2) is 0 Å². The molecule has 0 aromatic carbocycles. The molecule has 2 nitrogen and oxygen atoms in total.